The maximum Gasteiger partial charge on any atom is 0.277 e. The molecule has 2 aromatic carbocycles. The predicted octanol–water partition coefficient (Wildman–Crippen LogP) is 4.42. The number of nitrogens with zero attached hydrogens (tertiary/aromatic N) is 4. The van der Waals surface area contributed by atoms with Crippen LogP contribution >= 0.6 is 0 Å². The van der Waals surface area contributed by atoms with E-state index in [-0.39, 0.29) is 12.2 Å². The van der Waals surface area contributed by atoms with Crippen LogP contribution < -0.4 is 15.2 Å². The highest BCUT2D eigenvalue weighted by Gasteiger charge is 2.12. The van der Waals surface area contributed by atoms with E-state index in [1.807, 2.05) is 67.5 Å². The van der Waals surface area contributed by atoms with E-state index in [2.05, 4.69) is 9.97 Å². The third-order valence-electron chi connectivity index (χ3n) is 5.18. The minimum Gasteiger partial charge on any atom is -0.491 e. The molecule has 0 radical (unpaired) electrons. The molecule has 0 saturated heterocycles. The fourth-order valence-corrected chi connectivity index (χ4v) is 3.47. The molecular formula is C26H25FN4O2. The van der Waals surface area contributed by atoms with Crippen molar-refractivity contribution in [3.8, 4) is 5.75 Å². The zero-order valence-corrected chi connectivity index (χ0v) is 18.6. The van der Waals surface area contributed by atoms with Gasteiger partial charge in [-0.1, -0.05) is 24.3 Å². The Hall–Kier alpha value is -4.00. The zero-order valence-electron chi connectivity index (χ0n) is 18.6. The van der Waals surface area contributed by atoms with Gasteiger partial charge >= 0.3 is 0 Å². The Morgan fingerprint density at radius 1 is 1.06 bits per heavy atom. The van der Waals surface area contributed by atoms with Gasteiger partial charge in [-0.05, 0) is 48.0 Å². The van der Waals surface area contributed by atoms with Crippen LogP contribution in [0.25, 0.3) is 23.2 Å². The van der Waals surface area contributed by atoms with E-state index >= 15 is 0 Å². The van der Waals surface area contributed by atoms with Crippen LogP contribution in [0.3, 0.4) is 0 Å². The van der Waals surface area contributed by atoms with Crippen molar-refractivity contribution in [1.29, 1.82) is 0 Å². The Kier molecular flexibility index (Phi) is 6.78. The quantitative estimate of drug-likeness (QED) is 0.403. The first kappa shape index (κ1) is 22.2. The zero-order chi connectivity index (χ0) is 23.2. The van der Waals surface area contributed by atoms with E-state index in [1.165, 1.54) is 0 Å². The molecule has 4 rings (SSSR count). The lowest BCUT2D eigenvalue weighted by Crippen LogP contribution is -2.25. The van der Waals surface area contributed by atoms with E-state index in [1.54, 1.807) is 35.0 Å². The second-order valence-electron chi connectivity index (χ2n) is 7.72. The molecule has 0 atom stereocenters. The van der Waals surface area contributed by atoms with Crippen LogP contribution in [0.1, 0.15) is 17.0 Å². The predicted molar refractivity (Wildman–Crippen MR) is 131 cm³/mol. The summed E-state index contributed by atoms with van der Waals surface area (Å²) in [6.07, 6.45) is 5.28. The van der Waals surface area contributed by atoms with Crippen LogP contribution in [0.2, 0.25) is 0 Å². The SMILES string of the molecule is CN(C)c1ccc(/C=C/c2nc3cc(OCCF)ccc3n(Cc3ccccn3)c2=O)cc1. The van der Waals surface area contributed by atoms with Gasteiger partial charge in [-0.3, -0.25) is 14.3 Å². The van der Waals surface area contributed by atoms with Crippen molar-refractivity contribution in [2.75, 3.05) is 32.3 Å². The summed E-state index contributed by atoms with van der Waals surface area (Å²) < 4.78 is 19.6. The first-order valence-electron chi connectivity index (χ1n) is 10.6. The number of hydrogen-bond acceptors (Lipinski definition) is 5. The minimum absolute atomic E-state index is 0.0330. The van der Waals surface area contributed by atoms with E-state index in [4.69, 9.17) is 4.74 Å². The molecular weight excluding hydrogens is 419 g/mol. The molecule has 2 aromatic heterocycles. The fraction of sp³-hybridized carbons (Fsp3) is 0.192. The summed E-state index contributed by atoms with van der Waals surface area (Å²) in [6, 6.07) is 18.8. The van der Waals surface area contributed by atoms with Gasteiger partial charge in [-0.15, -0.1) is 0 Å². The molecule has 0 amide bonds. The highest BCUT2D eigenvalue weighted by atomic mass is 19.1. The van der Waals surface area contributed by atoms with Gasteiger partial charge < -0.3 is 9.64 Å². The Bertz CT molecular complexity index is 1320. The average molecular weight is 445 g/mol. The van der Waals surface area contributed by atoms with Crippen molar-refractivity contribution < 1.29 is 9.13 Å². The summed E-state index contributed by atoms with van der Waals surface area (Å²) in [6.45, 7) is -0.304. The number of alkyl halides is 1. The van der Waals surface area contributed by atoms with Crippen molar-refractivity contribution >= 4 is 28.9 Å². The van der Waals surface area contributed by atoms with E-state index in [9.17, 15) is 9.18 Å². The van der Waals surface area contributed by atoms with Crippen LogP contribution in [0, 0.1) is 0 Å². The average Bonchev–Trinajstić information content (AvgIpc) is 2.84. The van der Waals surface area contributed by atoms with Crippen LogP contribution in [0.15, 0.2) is 71.7 Å². The third kappa shape index (κ3) is 5.26. The molecule has 2 heterocycles. The van der Waals surface area contributed by atoms with Crippen molar-refractivity contribution in [2.24, 2.45) is 0 Å². The summed E-state index contributed by atoms with van der Waals surface area (Å²) in [5.74, 6) is 0.505. The lowest BCUT2D eigenvalue weighted by molar-refractivity contribution is 0.273. The molecule has 0 N–H and O–H groups in total. The van der Waals surface area contributed by atoms with Crippen molar-refractivity contribution in [3.63, 3.8) is 0 Å². The van der Waals surface area contributed by atoms with Crippen LogP contribution in [-0.4, -0.2) is 41.9 Å². The molecule has 0 fully saturated rings. The monoisotopic (exact) mass is 444 g/mol. The Morgan fingerprint density at radius 2 is 1.88 bits per heavy atom. The van der Waals surface area contributed by atoms with Crippen molar-refractivity contribution in [1.82, 2.24) is 14.5 Å². The molecule has 0 aliphatic rings. The highest BCUT2D eigenvalue weighted by molar-refractivity contribution is 5.79. The van der Waals surface area contributed by atoms with Crippen LogP contribution in [-0.2, 0) is 6.54 Å². The lowest BCUT2D eigenvalue weighted by atomic mass is 10.1. The molecule has 33 heavy (non-hydrogen) atoms. The molecule has 0 aliphatic heterocycles. The molecule has 0 bridgehead atoms. The number of halogens is 1. The number of fused-ring (bicyclic) bond motifs is 1. The number of anilines is 1. The molecule has 7 heteroatoms. The Morgan fingerprint density at radius 3 is 2.58 bits per heavy atom. The standard InChI is InChI=1S/C26H25FN4O2/c1-30(2)21-9-6-19(7-10-21)8-12-23-26(32)31(18-20-5-3-4-15-28-20)25-13-11-22(33-16-14-27)17-24(25)29-23/h3-13,15,17H,14,16,18H2,1-2H3/b12-8+. The Labute approximate surface area is 191 Å². The van der Waals surface area contributed by atoms with Gasteiger partial charge in [0.2, 0.25) is 0 Å². The summed E-state index contributed by atoms with van der Waals surface area (Å²) in [5.41, 5.74) is 4.14. The maximum atomic E-state index is 13.3. The van der Waals surface area contributed by atoms with Gasteiger partial charge in [0.1, 0.15) is 24.7 Å². The third-order valence-corrected chi connectivity index (χ3v) is 5.18. The van der Waals surface area contributed by atoms with Gasteiger partial charge in [0.15, 0.2) is 0 Å². The number of rotatable bonds is 8. The number of hydrogen-bond donors (Lipinski definition) is 0. The normalized spacial score (nSPS) is 11.2. The number of pyridine rings is 1. The van der Waals surface area contributed by atoms with E-state index < -0.39 is 6.67 Å². The number of benzene rings is 2. The fourth-order valence-electron chi connectivity index (χ4n) is 3.47. The van der Waals surface area contributed by atoms with Gasteiger partial charge in [-0.2, -0.15) is 0 Å². The first-order valence-corrected chi connectivity index (χ1v) is 10.6. The van der Waals surface area contributed by atoms with Crippen molar-refractivity contribution in [2.45, 2.75) is 6.54 Å². The number of aromatic nitrogens is 3. The highest BCUT2D eigenvalue weighted by Crippen LogP contribution is 2.20. The van der Waals surface area contributed by atoms with E-state index in [0.717, 1.165) is 16.9 Å². The largest absolute Gasteiger partial charge is 0.491 e. The minimum atomic E-state index is -0.578. The molecule has 6 nitrogen and oxygen atoms in total. The summed E-state index contributed by atoms with van der Waals surface area (Å²) in [7, 11) is 3.97. The lowest BCUT2D eigenvalue weighted by Gasteiger charge is -2.13. The Balaban J connectivity index is 1.77. The van der Waals surface area contributed by atoms with E-state index in [0.29, 0.717) is 29.0 Å². The maximum absolute atomic E-state index is 13.3. The molecule has 4 aromatic rings. The second-order valence-corrected chi connectivity index (χ2v) is 7.72. The van der Waals surface area contributed by atoms with Gasteiger partial charge in [0, 0.05) is 32.0 Å². The molecule has 0 unspecified atom stereocenters. The molecule has 0 aliphatic carbocycles. The molecule has 0 saturated carbocycles. The van der Waals surface area contributed by atoms with Gasteiger partial charge in [0.05, 0.1) is 23.3 Å². The van der Waals surface area contributed by atoms with Gasteiger partial charge in [-0.25, -0.2) is 9.37 Å². The number of ether oxygens (including phenoxy) is 1. The summed E-state index contributed by atoms with van der Waals surface area (Å²) in [5, 5.41) is 0. The van der Waals surface area contributed by atoms with Crippen LogP contribution in [0.4, 0.5) is 10.1 Å². The summed E-state index contributed by atoms with van der Waals surface area (Å²) in [4.78, 5) is 24.3. The van der Waals surface area contributed by atoms with Crippen molar-refractivity contribution in [3.05, 3.63) is 94.2 Å². The topological polar surface area (TPSA) is 60.3 Å². The van der Waals surface area contributed by atoms with Gasteiger partial charge in [0.25, 0.3) is 5.56 Å². The first-order chi connectivity index (χ1) is 16.0. The molecule has 168 valence electrons. The summed E-state index contributed by atoms with van der Waals surface area (Å²) >= 11 is 0. The molecule has 0 spiro atoms. The second kappa shape index (κ2) is 10.1. The van der Waals surface area contributed by atoms with Crippen LogP contribution in [0.5, 0.6) is 5.75 Å². The smallest absolute Gasteiger partial charge is 0.277 e.